The Morgan fingerprint density at radius 1 is 1.22 bits per heavy atom. The van der Waals surface area contributed by atoms with Crippen LogP contribution in [0.2, 0.25) is 0 Å². The molecule has 3 rings (SSSR count). The summed E-state index contributed by atoms with van der Waals surface area (Å²) < 4.78 is 11.5. The Hall–Kier alpha value is -1.98. The Morgan fingerprint density at radius 2 is 1.96 bits per heavy atom. The van der Waals surface area contributed by atoms with Gasteiger partial charge in [0.25, 0.3) is 5.91 Å². The largest absolute Gasteiger partial charge is 0.485 e. The minimum Gasteiger partial charge on any atom is -0.485 e. The van der Waals surface area contributed by atoms with Crippen LogP contribution in [-0.4, -0.2) is 25.5 Å². The van der Waals surface area contributed by atoms with Crippen LogP contribution in [0.3, 0.4) is 0 Å². The molecule has 0 unspecified atom stereocenters. The number of halogens is 1. The Morgan fingerprint density at radius 3 is 2.67 bits per heavy atom. The van der Waals surface area contributed by atoms with Crippen molar-refractivity contribution >= 4 is 18.3 Å². The van der Waals surface area contributed by atoms with Crippen molar-refractivity contribution in [2.24, 2.45) is 5.41 Å². The summed E-state index contributed by atoms with van der Waals surface area (Å²) in [6.45, 7) is 9.28. The second-order valence-electron chi connectivity index (χ2n) is 7.57. The zero-order chi connectivity index (χ0) is 18.6. The molecule has 148 valence electrons. The van der Waals surface area contributed by atoms with Crippen molar-refractivity contribution in [3.8, 4) is 5.75 Å². The van der Waals surface area contributed by atoms with E-state index in [0.717, 1.165) is 37.2 Å². The first-order valence-electron chi connectivity index (χ1n) is 9.23. The number of amides is 1. The first kappa shape index (κ1) is 21.3. The molecule has 0 radical (unpaired) electrons. The van der Waals surface area contributed by atoms with Gasteiger partial charge in [0, 0.05) is 6.54 Å². The molecule has 1 aromatic carbocycles. The number of furan rings is 1. The lowest BCUT2D eigenvalue weighted by Crippen LogP contribution is -2.42. The highest BCUT2D eigenvalue weighted by atomic mass is 35.5. The summed E-state index contributed by atoms with van der Waals surface area (Å²) in [5.74, 6) is 1.64. The van der Waals surface area contributed by atoms with Crippen LogP contribution in [0.1, 0.15) is 47.2 Å². The average molecular weight is 393 g/mol. The highest BCUT2D eigenvalue weighted by molar-refractivity contribution is 5.91. The molecule has 1 fully saturated rings. The van der Waals surface area contributed by atoms with Gasteiger partial charge in [-0.25, -0.2) is 0 Å². The minimum atomic E-state index is -0.164. The molecule has 2 heterocycles. The molecule has 0 atom stereocenters. The van der Waals surface area contributed by atoms with E-state index in [0.29, 0.717) is 24.7 Å². The van der Waals surface area contributed by atoms with Crippen molar-refractivity contribution in [3.05, 3.63) is 53.0 Å². The van der Waals surface area contributed by atoms with E-state index in [-0.39, 0.29) is 23.7 Å². The van der Waals surface area contributed by atoms with Crippen LogP contribution < -0.4 is 15.4 Å². The van der Waals surface area contributed by atoms with E-state index in [9.17, 15) is 4.79 Å². The van der Waals surface area contributed by atoms with Gasteiger partial charge < -0.3 is 19.8 Å². The summed E-state index contributed by atoms with van der Waals surface area (Å²) >= 11 is 0. The normalized spacial score (nSPS) is 15.7. The molecule has 1 aromatic heterocycles. The van der Waals surface area contributed by atoms with E-state index in [2.05, 4.69) is 30.5 Å². The van der Waals surface area contributed by atoms with E-state index in [1.165, 1.54) is 5.56 Å². The number of hydrogen-bond acceptors (Lipinski definition) is 4. The maximum atomic E-state index is 12.3. The zero-order valence-corrected chi connectivity index (χ0v) is 17.1. The molecule has 5 nitrogen and oxygen atoms in total. The van der Waals surface area contributed by atoms with Crippen LogP contribution >= 0.6 is 12.4 Å². The third kappa shape index (κ3) is 5.75. The smallest absolute Gasteiger partial charge is 0.287 e. The molecule has 1 saturated heterocycles. The Balaban J connectivity index is 0.00000261. The number of rotatable bonds is 6. The Kier molecular flexibility index (Phi) is 7.33. The van der Waals surface area contributed by atoms with Crippen molar-refractivity contribution in [2.45, 2.75) is 40.2 Å². The number of hydrogen-bond donors (Lipinski definition) is 2. The summed E-state index contributed by atoms with van der Waals surface area (Å²) in [6.07, 6.45) is 2.14. The van der Waals surface area contributed by atoms with Gasteiger partial charge in [-0.1, -0.05) is 24.6 Å². The number of nitrogens with one attached hydrogen (secondary N) is 2. The standard InChI is InChI=1S/C21H28N2O3.ClH/c1-15-4-6-18(16(2)12-15)25-13-17-5-7-19(26-17)20(24)23-14-21(3)8-10-22-11-9-21;/h4-7,12,22H,8-11,13-14H2,1-3H3,(H,23,24);1H. The maximum absolute atomic E-state index is 12.3. The van der Waals surface area contributed by atoms with Gasteiger partial charge >= 0.3 is 0 Å². The van der Waals surface area contributed by atoms with Gasteiger partial charge in [0.2, 0.25) is 0 Å². The van der Waals surface area contributed by atoms with Gasteiger partial charge in [0.05, 0.1) is 0 Å². The number of carbonyl (C=O) groups is 1. The number of carbonyl (C=O) groups excluding carboxylic acids is 1. The van der Waals surface area contributed by atoms with Crippen molar-refractivity contribution in [1.82, 2.24) is 10.6 Å². The molecule has 2 N–H and O–H groups in total. The molecule has 0 aliphatic carbocycles. The second-order valence-corrected chi connectivity index (χ2v) is 7.57. The molecule has 0 bridgehead atoms. The summed E-state index contributed by atoms with van der Waals surface area (Å²) in [5, 5.41) is 6.36. The van der Waals surface area contributed by atoms with Gasteiger partial charge in [0.15, 0.2) is 5.76 Å². The predicted molar refractivity (Wildman–Crippen MR) is 109 cm³/mol. The molecule has 2 aromatic rings. The molecular weight excluding hydrogens is 364 g/mol. The zero-order valence-electron chi connectivity index (χ0n) is 16.3. The summed E-state index contributed by atoms with van der Waals surface area (Å²) in [7, 11) is 0. The molecule has 0 spiro atoms. The fourth-order valence-electron chi connectivity index (χ4n) is 3.28. The molecule has 1 aliphatic rings. The number of aryl methyl sites for hydroxylation is 2. The minimum absolute atomic E-state index is 0. The topological polar surface area (TPSA) is 63.5 Å². The van der Waals surface area contributed by atoms with E-state index < -0.39 is 0 Å². The fourth-order valence-corrected chi connectivity index (χ4v) is 3.28. The Bertz CT molecular complexity index is 767. The van der Waals surface area contributed by atoms with Gasteiger partial charge in [0.1, 0.15) is 18.1 Å². The summed E-state index contributed by atoms with van der Waals surface area (Å²) in [5.41, 5.74) is 2.45. The summed E-state index contributed by atoms with van der Waals surface area (Å²) in [4.78, 5) is 12.3. The van der Waals surface area contributed by atoms with Gasteiger partial charge in [-0.3, -0.25) is 4.79 Å². The lowest BCUT2D eigenvalue weighted by atomic mass is 9.81. The monoisotopic (exact) mass is 392 g/mol. The summed E-state index contributed by atoms with van der Waals surface area (Å²) in [6, 6.07) is 9.56. The van der Waals surface area contributed by atoms with Crippen LogP contribution in [-0.2, 0) is 6.61 Å². The van der Waals surface area contributed by atoms with Crippen LogP contribution in [0.25, 0.3) is 0 Å². The molecule has 27 heavy (non-hydrogen) atoms. The third-order valence-electron chi connectivity index (χ3n) is 5.07. The van der Waals surface area contributed by atoms with E-state index in [1.54, 1.807) is 12.1 Å². The van der Waals surface area contributed by atoms with Crippen molar-refractivity contribution in [3.63, 3.8) is 0 Å². The van der Waals surface area contributed by atoms with Gasteiger partial charge in [-0.2, -0.15) is 0 Å². The van der Waals surface area contributed by atoms with Crippen LogP contribution in [0.4, 0.5) is 0 Å². The highest BCUT2D eigenvalue weighted by Crippen LogP contribution is 2.27. The quantitative estimate of drug-likeness (QED) is 0.779. The van der Waals surface area contributed by atoms with E-state index in [1.807, 2.05) is 19.1 Å². The lowest BCUT2D eigenvalue weighted by molar-refractivity contribution is 0.0890. The van der Waals surface area contributed by atoms with Crippen LogP contribution in [0, 0.1) is 19.3 Å². The molecule has 1 aliphatic heterocycles. The number of ether oxygens (including phenoxy) is 1. The lowest BCUT2D eigenvalue weighted by Gasteiger charge is -2.33. The molecule has 6 heteroatoms. The molecule has 0 saturated carbocycles. The van der Waals surface area contributed by atoms with Gasteiger partial charge in [-0.05, 0) is 69.0 Å². The van der Waals surface area contributed by atoms with Crippen LogP contribution in [0.15, 0.2) is 34.7 Å². The van der Waals surface area contributed by atoms with Crippen molar-refractivity contribution < 1.29 is 13.9 Å². The molecular formula is C21H29ClN2O3. The average Bonchev–Trinajstić information content (AvgIpc) is 3.09. The number of benzene rings is 1. The highest BCUT2D eigenvalue weighted by Gasteiger charge is 2.27. The van der Waals surface area contributed by atoms with Crippen molar-refractivity contribution in [1.29, 1.82) is 0 Å². The van der Waals surface area contributed by atoms with Crippen LogP contribution in [0.5, 0.6) is 5.75 Å². The first-order chi connectivity index (χ1) is 12.5. The fraction of sp³-hybridized carbons (Fsp3) is 0.476. The second kappa shape index (κ2) is 9.29. The molecule has 1 amide bonds. The predicted octanol–water partition coefficient (Wildman–Crippen LogP) is 4.02. The first-order valence-corrected chi connectivity index (χ1v) is 9.23. The number of piperidine rings is 1. The van der Waals surface area contributed by atoms with Gasteiger partial charge in [-0.15, -0.1) is 12.4 Å². The van der Waals surface area contributed by atoms with E-state index in [4.69, 9.17) is 9.15 Å². The van der Waals surface area contributed by atoms with Crippen molar-refractivity contribution in [2.75, 3.05) is 19.6 Å². The third-order valence-corrected chi connectivity index (χ3v) is 5.07. The Labute approximate surface area is 167 Å². The SMILES string of the molecule is Cc1ccc(OCc2ccc(C(=O)NCC3(C)CCNCC3)o2)c(C)c1.Cl. The maximum Gasteiger partial charge on any atom is 0.287 e. The van der Waals surface area contributed by atoms with E-state index >= 15 is 0 Å².